The molecule has 1 aliphatic heterocycles. The van der Waals surface area contributed by atoms with Crippen molar-refractivity contribution in [1.29, 1.82) is 0 Å². The predicted octanol–water partition coefficient (Wildman–Crippen LogP) is 2.68. The molecule has 2 aliphatic rings. The minimum atomic E-state index is -0.912. The maximum atomic E-state index is 12.6. The van der Waals surface area contributed by atoms with Crippen LogP contribution in [0.25, 0.3) is 0 Å². The zero-order chi connectivity index (χ0) is 16.9. The maximum absolute atomic E-state index is 12.6. The standard InChI is InChI=1S/C19H23NO4/c21-17(12-6-9-14-7-2-1-3-8-14)16-13-24-19(23)20(16)18(22)15-10-4-5-11-15/h1-3,6-8,12,15-17,21H,4-5,9-11,13H2/b12-6+/t16-,17+/m0/s1. The summed E-state index contributed by atoms with van der Waals surface area (Å²) in [5.74, 6) is -0.311. The number of rotatable bonds is 5. The molecule has 128 valence electrons. The largest absolute Gasteiger partial charge is 0.447 e. The average molecular weight is 329 g/mol. The Balaban J connectivity index is 1.63. The van der Waals surface area contributed by atoms with Crippen LogP contribution in [0.4, 0.5) is 4.79 Å². The Hall–Kier alpha value is -2.14. The molecule has 1 saturated heterocycles. The first kappa shape index (κ1) is 16.7. The van der Waals surface area contributed by atoms with E-state index >= 15 is 0 Å². The van der Waals surface area contributed by atoms with Crippen LogP contribution in [0, 0.1) is 5.92 Å². The second-order valence-electron chi connectivity index (χ2n) is 6.44. The topological polar surface area (TPSA) is 66.8 Å². The first-order valence-electron chi connectivity index (χ1n) is 8.55. The molecule has 2 amide bonds. The van der Waals surface area contributed by atoms with Gasteiger partial charge in [0.1, 0.15) is 12.6 Å². The van der Waals surface area contributed by atoms with Gasteiger partial charge in [-0.25, -0.2) is 9.69 Å². The number of allylic oxidation sites excluding steroid dienone is 1. The number of carbonyl (C=O) groups excluding carboxylic acids is 2. The van der Waals surface area contributed by atoms with E-state index in [1.807, 2.05) is 36.4 Å². The number of ether oxygens (including phenoxy) is 1. The van der Waals surface area contributed by atoms with E-state index in [-0.39, 0.29) is 18.4 Å². The Morgan fingerprint density at radius 2 is 2.00 bits per heavy atom. The molecule has 1 aliphatic carbocycles. The van der Waals surface area contributed by atoms with Crippen molar-refractivity contribution >= 4 is 12.0 Å². The lowest BCUT2D eigenvalue weighted by Gasteiger charge is -2.24. The number of carbonyl (C=O) groups is 2. The minimum absolute atomic E-state index is 0.0497. The summed E-state index contributed by atoms with van der Waals surface area (Å²) in [4.78, 5) is 25.6. The van der Waals surface area contributed by atoms with E-state index in [0.717, 1.165) is 36.1 Å². The van der Waals surface area contributed by atoms with Crippen LogP contribution in [0.3, 0.4) is 0 Å². The van der Waals surface area contributed by atoms with Gasteiger partial charge in [-0.15, -0.1) is 0 Å². The predicted molar refractivity (Wildman–Crippen MR) is 89.2 cm³/mol. The molecule has 2 atom stereocenters. The van der Waals surface area contributed by atoms with Gasteiger partial charge >= 0.3 is 6.09 Å². The molecular formula is C19H23NO4. The van der Waals surface area contributed by atoms with Crippen molar-refractivity contribution in [2.24, 2.45) is 5.92 Å². The highest BCUT2D eigenvalue weighted by atomic mass is 16.6. The van der Waals surface area contributed by atoms with Crippen LogP contribution in [0.2, 0.25) is 0 Å². The van der Waals surface area contributed by atoms with Crippen molar-refractivity contribution in [2.45, 2.75) is 44.2 Å². The van der Waals surface area contributed by atoms with Crippen LogP contribution in [0.15, 0.2) is 42.5 Å². The Kier molecular flexibility index (Phi) is 5.30. The molecule has 1 N–H and O–H groups in total. The molecule has 1 aromatic carbocycles. The number of imide groups is 1. The summed E-state index contributed by atoms with van der Waals surface area (Å²) in [7, 11) is 0. The number of hydrogen-bond donors (Lipinski definition) is 1. The van der Waals surface area contributed by atoms with Gasteiger partial charge < -0.3 is 9.84 Å². The number of benzene rings is 1. The van der Waals surface area contributed by atoms with Gasteiger partial charge in [0.25, 0.3) is 0 Å². The van der Waals surface area contributed by atoms with Gasteiger partial charge in [-0.05, 0) is 24.8 Å². The highest BCUT2D eigenvalue weighted by Crippen LogP contribution is 2.29. The summed E-state index contributed by atoms with van der Waals surface area (Å²) in [5.41, 5.74) is 1.14. The van der Waals surface area contributed by atoms with Crippen LogP contribution in [0.1, 0.15) is 31.2 Å². The number of hydrogen-bond acceptors (Lipinski definition) is 4. The molecular weight excluding hydrogens is 306 g/mol. The Morgan fingerprint density at radius 1 is 1.29 bits per heavy atom. The third-order valence-corrected chi connectivity index (χ3v) is 4.77. The van der Waals surface area contributed by atoms with E-state index in [2.05, 4.69) is 0 Å². The first-order valence-corrected chi connectivity index (χ1v) is 8.55. The van der Waals surface area contributed by atoms with Crippen molar-refractivity contribution in [3.63, 3.8) is 0 Å². The van der Waals surface area contributed by atoms with Crippen molar-refractivity contribution in [3.05, 3.63) is 48.0 Å². The smallest absolute Gasteiger partial charge is 0.417 e. The molecule has 1 aromatic rings. The second kappa shape index (κ2) is 7.62. The number of aliphatic hydroxyl groups is 1. The van der Waals surface area contributed by atoms with Crippen molar-refractivity contribution in [3.8, 4) is 0 Å². The second-order valence-corrected chi connectivity index (χ2v) is 6.44. The van der Waals surface area contributed by atoms with E-state index in [9.17, 15) is 14.7 Å². The Bertz CT molecular complexity index is 607. The minimum Gasteiger partial charge on any atom is -0.447 e. The quantitative estimate of drug-likeness (QED) is 0.844. The van der Waals surface area contributed by atoms with Gasteiger partial charge in [-0.2, -0.15) is 0 Å². The number of nitrogens with zero attached hydrogens (tertiary/aromatic N) is 1. The molecule has 0 radical (unpaired) electrons. The summed E-state index contributed by atoms with van der Waals surface area (Å²) in [6.45, 7) is 0.0497. The normalized spacial score (nSPS) is 23.0. The highest BCUT2D eigenvalue weighted by molar-refractivity contribution is 5.95. The summed E-state index contributed by atoms with van der Waals surface area (Å²) >= 11 is 0. The number of cyclic esters (lactones) is 1. The Labute approximate surface area is 141 Å². The van der Waals surface area contributed by atoms with E-state index in [1.165, 1.54) is 0 Å². The zero-order valence-corrected chi connectivity index (χ0v) is 13.6. The molecule has 0 bridgehead atoms. The molecule has 5 heteroatoms. The van der Waals surface area contributed by atoms with Crippen molar-refractivity contribution in [1.82, 2.24) is 4.90 Å². The lowest BCUT2D eigenvalue weighted by molar-refractivity contribution is -0.134. The van der Waals surface area contributed by atoms with Gasteiger partial charge in [-0.1, -0.05) is 55.3 Å². The van der Waals surface area contributed by atoms with Crippen molar-refractivity contribution in [2.75, 3.05) is 6.61 Å². The van der Waals surface area contributed by atoms with Crippen LogP contribution in [-0.2, 0) is 16.0 Å². The van der Waals surface area contributed by atoms with Crippen molar-refractivity contribution < 1.29 is 19.4 Å². The molecule has 0 aromatic heterocycles. The van der Waals surface area contributed by atoms with Crippen LogP contribution in [0.5, 0.6) is 0 Å². The molecule has 24 heavy (non-hydrogen) atoms. The number of aliphatic hydroxyl groups excluding tert-OH is 1. The summed E-state index contributed by atoms with van der Waals surface area (Å²) in [6, 6.07) is 9.27. The SMILES string of the molecule is O=C1OC[C@@H]([C@H](O)/C=C/Cc2ccccc2)N1C(=O)C1CCCC1. The van der Waals surface area contributed by atoms with E-state index in [0.29, 0.717) is 6.42 Å². The third-order valence-electron chi connectivity index (χ3n) is 4.77. The fourth-order valence-corrected chi connectivity index (χ4v) is 3.40. The summed E-state index contributed by atoms with van der Waals surface area (Å²) in [5, 5.41) is 10.4. The molecule has 1 saturated carbocycles. The molecule has 0 spiro atoms. The van der Waals surface area contributed by atoms with E-state index < -0.39 is 18.2 Å². The van der Waals surface area contributed by atoms with Gasteiger partial charge in [0, 0.05) is 5.92 Å². The van der Waals surface area contributed by atoms with Crippen LogP contribution in [-0.4, -0.2) is 40.8 Å². The average Bonchev–Trinajstić information content (AvgIpc) is 3.25. The molecule has 5 nitrogen and oxygen atoms in total. The third kappa shape index (κ3) is 3.67. The molecule has 0 unspecified atom stereocenters. The van der Waals surface area contributed by atoms with Gasteiger partial charge in [-0.3, -0.25) is 4.79 Å². The van der Waals surface area contributed by atoms with Gasteiger partial charge in [0.15, 0.2) is 0 Å². The lowest BCUT2D eigenvalue weighted by atomic mass is 10.0. The van der Waals surface area contributed by atoms with E-state index in [1.54, 1.807) is 6.08 Å². The van der Waals surface area contributed by atoms with Crippen LogP contribution >= 0.6 is 0 Å². The number of amides is 2. The van der Waals surface area contributed by atoms with Gasteiger partial charge in [0.05, 0.1) is 6.10 Å². The molecule has 1 heterocycles. The fraction of sp³-hybridized carbons (Fsp3) is 0.474. The lowest BCUT2D eigenvalue weighted by Crippen LogP contribution is -2.47. The highest BCUT2D eigenvalue weighted by Gasteiger charge is 2.43. The fourth-order valence-electron chi connectivity index (χ4n) is 3.40. The monoisotopic (exact) mass is 329 g/mol. The maximum Gasteiger partial charge on any atom is 0.417 e. The summed E-state index contributed by atoms with van der Waals surface area (Å²) in [6.07, 6.45) is 6.32. The van der Waals surface area contributed by atoms with Crippen LogP contribution < -0.4 is 0 Å². The molecule has 3 rings (SSSR count). The first-order chi connectivity index (χ1) is 11.7. The summed E-state index contributed by atoms with van der Waals surface area (Å²) < 4.78 is 5.02. The molecule has 2 fully saturated rings. The Morgan fingerprint density at radius 3 is 2.71 bits per heavy atom. The zero-order valence-electron chi connectivity index (χ0n) is 13.6. The van der Waals surface area contributed by atoms with Gasteiger partial charge in [0.2, 0.25) is 5.91 Å². The van der Waals surface area contributed by atoms with E-state index in [4.69, 9.17) is 4.74 Å².